The summed E-state index contributed by atoms with van der Waals surface area (Å²) in [5, 5.41) is 11.0. The third-order valence-electron chi connectivity index (χ3n) is 1.18. The van der Waals surface area contributed by atoms with Crippen molar-refractivity contribution < 1.29 is 10.0 Å². The second kappa shape index (κ2) is 3.58. The molecule has 0 spiro atoms. The second-order valence-electron chi connectivity index (χ2n) is 1.93. The van der Waals surface area contributed by atoms with Gasteiger partial charge >= 0.3 is 0 Å². The van der Waals surface area contributed by atoms with Crippen molar-refractivity contribution in [3.63, 3.8) is 0 Å². The average molecular weight is 152 g/mol. The van der Waals surface area contributed by atoms with E-state index in [1.54, 1.807) is 24.4 Å². The molecule has 11 heavy (non-hydrogen) atoms. The highest BCUT2D eigenvalue weighted by Gasteiger charge is 2.03. The quantitative estimate of drug-likeness (QED) is 0.367. The van der Waals surface area contributed by atoms with Crippen LogP contribution in [0.25, 0.3) is 0 Å². The van der Waals surface area contributed by atoms with E-state index < -0.39 is 5.91 Å². The number of carbonyl (C=O) groups excluding carboxylic acids is 1. The lowest BCUT2D eigenvalue weighted by Crippen LogP contribution is -2.20. The zero-order chi connectivity index (χ0) is 8.10. The summed E-state index contributed by atoms with van der Waals surface area (Å²) in [5.41, 5.74) is 1.91. The zero-order valence-corrected chi connectivity index (χ0v) is 5.74. The van der Waals surface area contributed by atoms with Gasteiger partial charge in [0.05, 0.1) is 5.57 Å². The summed E-state index contributed by atoms with van der Waals surface area (Å²) in [6.45, 7) is 0. The summed E-state index contributed by atoms with van der Waals surface area (Å²) < 4.78 is 0. The number of rotatable bonds is 1. The molecular formula is C7H8N2O2. The molecule has 0 unspecified atom stereocenters. The fourth-order valence-electron chi connectivity index (χ4n) is 0.662. The van der Waals surface area contributed by atoms with Crippen LogP contribution >= 0.6 is 0 Å². The zero-order valence-electron chi connectivity index (χ0n) is 5.74. The SMILES string of the molecule is O=C(NO)C1=CNC=CC=C1. The van der Waals surface area contributed by atoms with Crippen LogP contribution in [0.4, 0.5) is 0 Å². The maximum Gasteiger partial charge on any atom is 0.276 e. The predicted molar refractivity (Wildman–Crippen MR) is 39.4 cm³/mol. The van der Waals surface area contributed by atoms with Crippen LogP contribution in [-0.2, 0) is 4.79 Å². The molecule has 0 radical (unpaired) electrons. The molecule has 0 atom stereocenters. The molecule has 0 bridgehead atoms. The van der Waals surface area contributed by atoms with E-state index in [4.69, 9.17) is 5.21 Å². The van der Waals surface area contributed by atoms with Gasteiger partial charge in [0, 0.05) is 12.4 Å². The van der Waals surface area contributed by atoms with Crippen LogP contribution in [0.3, 0.4) is 0 Å². The van der Waals surface area contributed by atoms with Crippen molar-refractivity contribution in [2.24, 2.45) is 0 Å². The molecule has 0 aromatic heterocycles. The normalized spacial score (nSPS) is 14.8. The maximum atomic E-state index is 10.8. The number of carbonyl (C=O) groups is 1. The fraction of sp³-hybridized carbons (Fsp3) is 0. The summed E-state index contributed by atoms with van der Waals surface area (Å²) in [4.78, 5) is 10.8. The monoisotopic (exact) mass is 152 g/mol. The average Bonchev–Trinajstić information content (AvgIpc) is 2.30. The van der Waals surface area contributed by atoms with E-state index in [-0.39, 0.29) is 0 Å². The van der Waals surface area contributed by atoms with E-state index in [1.165, 1.54) is 11.7 Å². The summed E-state index contributed by atoms with van der Waals surface area (Å²) in [7, 11) is 0. The molecule has 0 aliphatic carbocycles. The van der Waals surface area contributed by atoms with Gasteiger partial charge in [-0.2, -0.15) is 0 Å². The molecule has 4 heteroatoms. The Labute approximate surface area is 63.9 Å². The molecule has 0 aromatic carbocycles. The first-order valence-corrected chi connectivity index (χ1v) is 3.08. The summed E-state index contributed by atoms with van der Waals surface area (Å²) in [6.07, 6.45) is 8.19. The summed E-state index contributed by atoms with van der Waals surface area (Å²) >= 11 is 0. The molecule has 1 aliphatic rings. The Bertz CT molecular complexity index is 241. The standard InChI is InChI=1S/C7H8N2O2/c10-7(9-11)6-3-1-2-4-8-5-6/h1-5,8,11H,(H,9,10). The van der Waals surface area contributed by atoms with Crippen molar-refractivity contribution in [1.29, 1.82) is 0 Å². The Morgan fingerprint density at radius 3 is 3.09 bits per heavy atom. The van der Waals surface area contributed by atoms with Crippen LogP contribution in [0.2, 0.25) is 0 Å². The number of hydroxylamine groups is 1. The molecular weight excluding hydrogens is 144 g/mol. The van der Waals surface area contributed by atoms with Crippen LogP contribution in [0.5, 0.6) is 0 Å². The molecule has 0 saturated carbocycles. The minimum atomic E-state index is -0.530. The first-order valence-electron chi connectivity index (χ1n) is 3.08. The molecule has 1 aliphatic heterocycles. The van der Waals surface area contributed by atoms with Crippen molar-refractivity contribution >= 4 is 5.91 Å². The Hall–Kier alpha value is -1.55. The molecule has 1 heterocycles. The number of nitrogens with one attached hydrogen (secondary N) is 2. The highest BCUT2D eigenvalue weighted by molar-refractivity contribution is 5.95. The van der Waals surface area contributed by atoms with Gasteiger partial charge in [0.25, 0.3) is 5.91 Å². The minimum absolute atomic E-state index is 0.373. The van der Waals surface area contributed by atoms with E-state index in [0.717, 1.165) is 0 Å². The molecule has 0 aromatic rings. The van der Waals surface area contributed by atoms with Crippen molar-refractivity contribution in [2.75, 3.05) is 0 Å². The number of amides is 1. The third kappa shape index (κ3) is 1.94. The highest BCUT2D eigenvalue weighted by atomic mass is 16.5. The Kier molecular flexibility index (Phi) is 2.46. The smallest absolute Gasteiger partial charge is 0.276 e. The van der Waals surface area contributed by atoms with Crippen LogP contribution in [0.1, 0.15) is 0 Å². The van der Waals surface area contributed by atoms with Crippen LogP contribution < -0.4 is 10.8 Å². The van der Waals surface area contributed by atoms with E-state index in [1.807, 2.05) is 0 Å². The number of hydrogen-bond acceptors (Lipinski definition) is 3. The van der Waals surface area contributed by atoms with Crippen molar-refractivity contribution in [2.45, 2.75) is 0 Å². The molecule has 1 amide bonds. The molecule has 3 N–H and O–H groups in total. The molecule has 0 saturated heterocycles. The Morgan fingerprint density at radius 1 is 1.55 bits per heavy atom. The summed E-state index contributed by atoms with van der Waals surface area (Å²) in [5.74, 6) is -0.530. The summed E-state index contributed by atoms with van der Waals surface area (Å²) in [6, 6.07) is 0. The molecule has 1 rings (SSSR count). The molecule has 58 valence electrons. The Morgan fingerprint density at radius 2 is 2.36 bits per heavy atom. The van der Waals surface area contributed by atoms with Gasteiger partial charge in [0.1, 0.15) is 0 Å². The second-order valence-corrected chi connectivity index (χ2v) is 1.93. The van der Waals surface area contributed by atoms with Gasteiger partial charge in [-0.3, -0.25) is 10.0 Å². The van der Waals surface area contributed by atoms with E-state index in [9.17, 15) is 4.79 Å². The van der Waals surface area contributed by atoms with E-state index in [0.29, 0.717) is 5.57 Å². The lowest BCUT2D eigenvalue weighted by molar-refractivity contribution is -0.124. The minimum Gasteiger partial charge on any atom is -0.367 e. The van der Waals surface area contributed by atoms with Crippen molar-refractivity contribution in [1.82, 2.24) is 10.8 Å². The van der Waals surface area contributed by atoms with Gasteiger partial charge in [-0.05, 0) is 12.2 Å². The van der Waals surface area contributed by atoms with Crippen molar-refractivity contribution in [3.05, 3.63) is 36.2 Å². The van der Waals surface area contributed by atoms with Gasteiger partial charge in [-0.1, -0.05) is 6.08 Å². The van der Waals surface area contributed by atoms with Gasteiger partial charge in [-0.25, -0.2) is 5.48 Å². The lowest BCUT2D eigenvalue weighted by atomic mass is 10.2. The van der Waals surface area contributed by atoms with E-state index >= 15 is 0 Å². The van der Waals surface area contributed by atoms with Gasteiger partial charge in [-0.15, -0.1) is 0 Å². The Balaban J connectivity index is 2.72. The highest BCUT2D eigenvalue weighted by Crippen LogP contribution is 1.98. The van der Waals surface area contributed by atoms with Gasteiger partial charge in [0.15, 0.2) is 0 Å². The molecule has 0 fully saturated rings. The fourth-order valence-corrected chi connectivity index (χ4v) is 0.662. The lowest BCUT2D eigenvalue weighted by Gasteiger charge is -1.96. The van der Waals surface area contributed by atoms with E-state index in [2.05, 4.69) is 5.32 Å². The van der Waals surface area contributed by atoms with Crippen LogP contribution in [0, 0.1) is 0 Å². The molecule has 4 nitrogen and oxygen atoms in total. The topological polar surface area (TPSA) is 61.4 Å². The van der Waals surface area contributed by atoms with Gasteiger partial charge in [0.2, 0.25) is 0 Å². The van der Waals surface area contributed by atoms with Crippen molar-refractivity contribution in [3.8, 4) is 0 Å². The first kappa shape index (κ1) is 7.56. The van der Waals surface area contributed by atoms with Crippen LogP contribution in [0.15, 0.2) is 36.2 Å². The predicted octanol–water partition coefficient (Wildman–Crippen LogP) is 0.0488. The van der Waals surface area contributed by atoms with Crippen LogP contribution in [-0.4, -0.2) is 11.1 Å². The number of allylic oxidation sites excluding steroid dienone is 2. The largest absolute Gasteiger partial charge is 0.367 e. The first-order chi connectivity index (χ1) is 5.34. The third-order valence-corrected chi connectivity index (χ3v) is 1.18. The number of hydrogen-bond donors (Lipinski definition) is 3. The van der Waals surface area contributed by atoms with Gasteiger partial charge < -0.3 is 5.32 Å². The maximum absolute atomic E-state index is 10.8.